The summed E-state index contributed by atoms with van der Waals surface area (Å²) < 4.78 is 31.5. The van der Waals surface area contributed by atoms with Gasteiger partial charge in [-0.25, -0.2) is 13.4 Å². The molecule has 2 aromatic rings. The van der Waals surface area contributed by atoms with E-state index in [9.17, 15) is 8.42 Å². The minimum Gasteiger partial charge on any atom is -0.379 e. The van der Waals surface area contributed by atoms with E-state index in [0.717, 1.165) is 24.4 Å². The number of sulfone groups is 1. The number of para-hydroxylation sites is 1. The van der Waals surface area contributed by atoms with Crippen molar-refractivity contribution in [2.45, 2.75) is 23.8 Å². The average Bonchev–Trinajstić information content (AvgIpc) is 3.03. The predicted molar refractivity (Wildman–Crippen MR) is 81.7 cm³/mol. The molecule has 0 saturated carbocycles. The summed E-state index contributed by atoms with van der Waals surface area (Å²) in [7, 11) is -3.31. The van der Waals surface area contributed by atoms with Crippen molar-refractivity contribution in [2.75, 3.05) is 25.3 Å². The van der Waals surface area contributed by atoms with Gasteiger partial charge in [-0.05, 0) is 18.6 Å². The lowest BCUT2D eigenvalue weighted by molar-refractivity contribution is 0.186. The van der Waals surface area contributed by atoms with E-state index in [1.54, 1.807) is 12.1 Å². The molecule has 0 spiro atoms. The lowest BCUT2D eigenvalue weighted by Crippen LogP contribution is -2.12. The second-order valence-electron chi connectivity index (χ2n) is 5.25. The third kappa shape index (κ3) is 2.67. The summed E-state index contributed by atoms with van der Waals surface area (Å²) >= 11 is 5.87. The van der Waals surface area contributed by atoms with Gasteiger partial charge in [0, 0.05) is 25.2 Å². The Morgan fingerprint density at radius 1 is 1.48 bits per heavy atom. The zero-order chi connectivity index (χ0) is 15.0. The molecule has 1 aromatic carbocycles. The van der Waals surface area contributed by atoms with Crippen molar-refractivity contribution < 1.29 is 13.2 Å². The summed E-state index contributed by atoms with van der Waals surface area (Å²) in [5.41, 5.74) is 1.38. The summed E-state index contributed by atoms with van der Waals surface area (Å²) in [5, 5.41) is 0. The maximum Gasteiger partial charge on any atom is 0.177 e. The van der Waals surface area contributed by atoms with Gasteiger partial charge in [0.2, 0.25) is 0 Å². The van der Waals surface area contributed by atoms with Gasteiger partial charge in [0.25, 0.3) is 0 Å². The minimum atomic E-state index is -3.31. The summed E-state index contributed by atoms with van der Waals surface area (Å²) in [6.45, 7) is 1.35. The second-order valence-corrected chi connectivity index (χ2v) is 7.61. The van der Waals surface area contributed by atoms with Crippen LogP contribution in [0.2, 0.25) is 0 Å². The molecule has 1 aliphatic heterocycles. The highest BCUT2D eigenvalue weighted by Crippen LogP contribution is 2.30. The van der Waals surface area contributed by atoms with Crippen LogP contribution in [0.15, 0.2) is 23.1 Å². The van der Waals surface area contributed by atoms with E-state index in [0.29, 0.717) is 24.4 Å². The fourth-order valence-electron chi connectivity index (χ4n) is 2.83. The molecule has 0 N–H and O–H groups in total. The van der Waals surface area contributed by atoms with Crippen LogP contribution in [0.1, 0.15) is 18.3 Å². The summed E-state index contributed by atoms with van der Waals surface area (Å²) in [6, 6.07) is 5.47. The first-order valence-corrected chi connectivity index (χ1v) is 9.28. The zero-order valence-corrected chi connectivity index (χ0v) is 13.3. The zero-order valence-electron chi connectivity index (χ0n) is 11.8. The second kappa shape index (κ2) is 5.59. The first-order valence-electron chi connectivity index (χ1n) is 6.86. The van der Waals surface area contributed by atoms with Gasteiger partial charge in [-0.15, -0.1) is 11.6 Å². The molecule has 0 bridgehead atoms. The normalized spacial score (nSPS) is 19.4. The molecule has 0 amide bonds. The maximum absolute atomic E-state index is 11.9. The molecule has 1 atom stereocenters. The summed E-state index contributed by atoms with van der Waals surface area (Å²) in [5.74, 6) is 1.28. The standard InChI is InChI=1S/C14H17ClN2O3S/c1-21(18,19)12-4-2-3-11-14(12)16-13(5-7-15)17(11)10-6-8-20-9-10/h2-4,10H,5-9H2,1H3. The number of nitrogens with zero attached hydrogens (tertiary/aromatic N) is 2. The van der Waals surface area contributed by atoms with E-state index in [-0.39, 0.29) is 10.9 Å². The molecular weight excluding hydrogens is 312 g/mol. The molecule has 1 aromatic heterocycles. The van der Waals surface area contributed by atoms with Gasteiger partial charge in [-0.2, -0.15) is 0 Å². The van der Waals surface area contributed by atoms with Gasteiger partial charge >= 0.3 is 0 Å². The Morgan fingerprint density at radius 2 is 2.29 bits per heavy atom. The van der Waals surface area contributed by atoms with E-state index >= 15 is 0 Å². The summed E-state index contributed by atoms with van der Waals surface area (Å²) in [6.07, 6.45) is 2.72. The van der Waals surface area contributed by atoms with Crippen molar-refractivity contribution in [1.29, 1.82) is 0 Å². The van der Waals surface area contributed by atoms with Gasteiger partial charge in [0.05, 0.1) is 23.1 Å². The van der Waals surface area contributed by atoms with Crippen molar-refractivity contribution in [2.24, 2.45) is 0 Å². The molecule has 2 heterocycles. The van der Waals surface area contributed by atoms with Crippen LogP contribution in [0.25, 0.3) is 11.0 Å². The Morgan fingerprint density at radius 3 is 2.90 bits per heavy atom. The van der Waals surface area contributed by atoms with Crippen LogP contribution in [-0.4, -0.2) is 43.3 Å². The van der Waals surface area contributed by atoms with E-state index in [2.05, 4.69) is 9.55 Å². The number of fused-ring (bicyclic) bond motifs is 1. The fraction of sp³-hybridized carbons (Fsp3) is 0.500. The molecule has 21 heavy (non-hydrogen) atoms. The van der Waals surface area contributed by atoms with Crippen LogP contribution in [-0.2, 0) is 21.0 Å². The molecular formula is C14H17ClN2O3S. The van der Waals surface area contributed by atoms with Gasteiger partial charge in [0.15, 0.2) is 9.84 Å². The molecule has 1 unspecified atom stereocenters. The van der Waals surface area contributed by atoms with E-state index < -0.39 is 9.84 Å². The minimum absolute atomic E-state index is 0.197. The predicted octanol–water partition coefficient (Wildman–Crippen LogP) is 2.18. The van der Waals surface area contributed by atoms with Crippen LogP contribution in [0, 0.1) is 0 Å². The Kier molecular flexibility index (Phi) is 3.94. The lowest BCUT2D eigenvalue weighted by atomic mass is 10.2. The first kappa shape index (κ1) is 14.8. The molecule has 7 heteroatoms. The number of ether oxygens (including phenoxy) is 1. The number of hydrogen-bond donors (Lipinski definition) is 0. The van der Waals surface area contributed by atoms with E-state index in [4.69, 9.17) is 16.3 Å². The number of aromatic nitrogens is 2. The molecule has 5 nitrogen and oxygen atoms in total. The highest BCUT2D eigenvalue weighted by Gasteiger charge is 2.25. The SMILES string of the molecule is CS(=O)(=O)c1cccc2c1nc(CCCl)n2C1CCOC1. The third-order valence-corrected chi connectivity index (χ3v) is 5.06. The Balaban J connectivity index is 2.26. The van der Waals surface area contributed by atoms with E-state index in [1.165, 1.54) is 6.26 Å². The molecule has 1 fully saturated rings. The van der Waals surface area contributed by atoms with Crippen molar-refractivity contribution in [3.05, 3.63) is 24.0 Å². The first-order chi connectivity index (χ1) is 10.0. The van der Waals surface area contributed by atoms with Crippen LogP contribution in [0.5, 0.6) is 0 Å². The molecule has 1 saturated heterocycles. The highest BCUT2D eigenvalue weighted by atomic mass is 35.5. The van der Waals surface area contributed by atoms with Crippen molar-refractivity contribution in [3.63, 3.8) is 0 Å². The molecule has 0 aliphatic carbocycles. The van der Waals surface area contributed by atoms with Crippen LogP contribution in [0.3, 0.4) is 0 Å². The van der Waals surface area contributed by atoms with Gasteiger partial charge in [-0.3, -0.25) is 0 Å². The van der Waals surface area contributed by atoms with Gasteiger partial charge in [0.1, 0.15) is 11.3 Å². The van der Waals surface area contributed by atoms with Crippen molar-refractivity contribution >= 4 is 32.5 Å². The van der Waals surface area contributed by atoms with Crippen molar-refractivity contribution in [3.8, 4) is 0 Å². The Bertz CT molecular complexity index is 764. The topological polar surface area (TPSA) is 61.2 Å². The number of rotatable bonds is 4. The van der Waals surface area contributed by atoms with Crippen LogP contribution >= 0.6 is 11.6 Å². The molecule has 3 rings (SSSR count). The van der Waals surface area contributed by atoms with Crippen LogP contribution < -0.4 is 0 Å². The number of imidazole rings is 1. The van der Waals surface area contributed by atoms with Crippen molar-refractivity contribution in [1.82, 2.24) is 9.55 Å². The van der Waals surface area contributed by atoms with E-state index in [1.807, 2.05) is 6.07 Å². The Labute approximate surface area is 128 Å². The summed E-state index contributed by atoms with van der Waals surface area (Å²) in [4.78, 5) is 4.83. The fourth-order valence-corrected chi connectivity index (χ4v) is 3.83. The van der Waals surface area contributed by atoms with Gasteiger partial charge < -0.3 is 9.30 Å². The lowest BCUT2D eigenvalue weighted by Gasteiger charge is -2.14. The smallest absolute Gasteiger partial charge is 0.177 e. The molecule has 114 valence electrons. The van der Waals surface area contributed by atoms with Crippen LogP contribution in [0.4, 0.5) is 0 Å². The number of alkyl halides is 1. The molecule has 0 radical (unpaired) electrons. The number of halogens is 1. The number of benzene rings is 1. The highest BCUT2D eigenvalue weighted by molar-refractivity contribution is 7.91. The third-order valence-electron chi connectivity index (χ3n) is 3.74. The monoisotopic (exact) mass is 328 g/mol. The largest absolute Gasteiger partial charge is 0.379 e. The average molecular weight is 329 g/mol. The van der Waals surface area contributed by atoms with Gasteiger partial charge in [-0.1, -0.05) is 6.07 Å². The maximum atomic E-state index is 11.9. The number of hydrogen-bond acceptors (Lipinski definition) is 4. The quantitative estimate of drug-likeness (QED) is 0.807. The Hall–Kier alpha value is -1.11. The number of aryl methyl sites for hydroxylation is 1. The molecule has 1 aliphatic rings.